The van der Waals surface area contributed by atoms with Crippen LogP contribution in [0.4, 0.5) is 5.69 Å². The number of halogens is 1. The Morgan fingerprint density at radius 3 is 3.00 bits per heavy atom. The van der Waals surface area contributed by atoms with Crippen LogP contribution >= 0.6 is 11.6 Å². The second-order valence-electron chi connectivity index (χ2n) is 3.17. The SMILES string of the molecule is Cc1ccc2c(c1)N=C(Cl)C(C)O2. The highest BCUT2D eigenvalue weighted by Crippen LogP contribution is 2.33. The van der Waals surface area contributed by atoms with Crippen molar-refractivity contribution in [2.45, 2.75) is 20.0 Å². The Labute approximate surface area is 82.2 Å². The average Bonchev–Trinajstić information content (AvgIpc) is 2.08. The van der Waals surface area contributed by atoms with Gasteiger partial charge in [-0.2, -0.15) is 0 Å². The van der Waals surface area contributed by atoms with Gasteiger partial charge < -0.3 is 4.74 Å². The molecular formula is C10H10ClNO. The number of aliphatic imine (C=N–C) groups is 1. The van der Waals surface area contributed by atoms with Gasteiger partial charge >= 0.3 is 0 Å². The van der Waals surface area contributed by atoms with Crippen molar-refractivity contribution in [3.05, 3.63) is 23.8 Å². The molecule has 68 valence electrons. The summed E-state index contributed by atoms with van der Waals surface area (Å²) in [5, 5.41) is 0.512. The monoisotopic (exact) mass is 195 g/mol. The normalized spacial score (nSPS) is 20.2. The van der Waals surface area contributed by atoms with Crippen molar-refractivity contribution < 1.29 is 4.74 Å². The summed E-state index contributed by atoms with van der Waals surface area (Å²) in [6.45, 7) is 3.90. The van der Waals surface area contributed by atoms with E-state index in [-0.39, 0.29) is 6.10 Å². The third-order valence-corrected chi connectivity index (χ3v) is 2.37. The molecule has 0 aromatic heterocycles. The summed E-state index contributed by atoms with van der Waals surface area (Å²) < 4.78 is 5.54. The molecule has 2 nitrogen and oxygen atoms in total. The number of rotatable bonds is 0. The molecule has 0 fully saturated rings. The van der Waals surface area contributed by atoms with E-state index < -0.39 is 0 Å². The van der Waals surface area contributed by atoms with Crippen LogP contribution in [0.1, 0.15) is 12.5 Å². The minimum absolute atomic E-state index is 0.128. The van der Waals surface area contributed by atoms with Crippen LogP contribution in [0.5, 0.6) is 5.75 Å². The minimum atomic E-state index is -0.128. The van der Waals surface area contributed by atoms with Gasteiger partial charge in [0.25, 0.3) is 0 Å². The number of hydrogen-bond acceptors (Lipinski definition) is 2. The summed E-state index contributed by atoms with van der Waals surface area (Å²) in [4.78, 5) is 4.24. The van der Waals surface area contributed by atoms with Crippen molar-refractivity contribution in [3.8, 4) is 5.75 Å². The predicted molar refractivity (Wildman–Crippen MR) is 54.2 cm³/mol. The van der Waals surface area contributed by atoms with Crippen LogP contribution < -0.4 is 4.74 Å². The molecule has 0 amide bonds. The van der Waals surface area contributed by atoms with Gasteiger partial charge in [-0.25, -0.2) is 4.99 Å². The van der Waals surface area contributed by atoms with Gasteiger partial charge in [0.15, 0.2) is 0 Å². The van der Waals surface area contributed by atoms with E-state index in [1.807, 2.05) is 32.0 Å². The zero-order valence-electron chi connectivity index (χ0n) is 7.54. The van der Waals surface area contributed by atoms with Crippen LogP contribution in [0.25, 0.3) is 0 Å². The van der Waals surface area contributed by atoms with Gasteiger partial charge in [-0.1, -0.05) is 17.7 Å². The van der Waals surface area contributed by atoms with Gasteiger partial charge in [0.2, 0.25) is 0 Å². The highest BCUT2D eigenvalue weighted by atomic mass is 35.5. The van der Waals surface area contributed by atoms with Crippen LogP contribution in [0.2, 0.25) is 0 Å². The topological polar surface area (TPSA) is 21.6 Å². The quantitative estimate of drug-likeness (QED) is 0.624. The first-order chi connectivity index (χ1) is 6.16. The van der Waals surface area contributed by atoms with Crippen molar-refractivity contribution in [3.63, 3.8) is 0 Å². The number of fused-ring (bicyclic) bond motifs is 1. The van der Waals surface area contributed by atoms with E-state index in [4.69, 9.17) is 16.3 Å². The lowest BCUT2D eigenvalue weighted by molar-refractivity contribution is 0.286. The maximum Gasteiger partial charge on any atom is 0.149 e. The highest BCUT2D eigenvalue weighted by molar-refractivity contribution is 6.66. The van der Waals surface area contributed by atoms with E-state index >= 15 is 0 Å². The minimum Gasteiger partial charge on any atom is -0.481 e. The highest BCUT2D eigenvalue weighted by Gasteiger charge is 2.18. The molecule has 0 radical (unpaired) electrons. The number of ether oxygens (including phenoxy) is 1. The molecule has 0 bridgehead atoms. The molecule has 13 heavy (non-hydrogen) atoms. The summed E-state index contributed by atoms with van der Waals surface area (Å²) in [6.07, 6.45) is -0.128. The molecule has 0 saturated carbocycles. The fraction of sp³-hybridized carbons (Fsp3) is 0.300. The zero-order chi connectivity index (χ0) is 9.42. The molecule has 0 spiro atoms. The number of benzene rings is 1. The summed E-state index contributed by atoms with van der Waals surface area (Å²) >= 11 is 5.87. The van der Waals surface area contributed by atoms with E-state index in [1.165, 1.54) is 0 Å². The van der Waals surface area contributed by atoms with Gasteiger partial charge in [0.1, 0.15) is 22.7 Å². The van der Waals surface area contributed by atoms with Gasteiger partial charge in [-0.05, 0) is 31.5 Å². The smallest absolute Gasteiger partial charge is 0.149 e. The molecule has 1 aliphatic heterocycles. The molecule has 3 heteroatoms. The van der Waals surface area contributed by atoms with Crippen LogP contribution in [0.15, 0.2) is 23.2 Å². The molecule has 0 N–H and O–H groups in total. The Balaban J connectivity index is 2.51. The number of nitrogens with zero attached hydrogens (tertiary/aromatic N) is 1. The molecule has 1 aromatic carbocycles. The van der Waals surface area contributed by atoms with E-state index in [0.29, 0.717) is 5.17 Å². The third-order valence-electron chi connectivity index (χ3n) is 1.98. The summed E-state index contributed by atoms with van der Waals surface area (Å²) in [5.74, 6) is 0.808. The summed E-state index contributed by atoms with van der Waals surface area (Å²) in [6, 6.07) is 5.89. The summed E-state index contributed by atoms with van der Waals surface area (Å²) in [7, 11) is 0. The predicted octanol–water partition coefficient (Wildman–Crippen LogP) is 3.04. The molecule has 1 unspecified atom stereocenters. The lowest BCUT2D eigenvalue weighted by Crippen LogP contribution is -2.22. The fourth-order valence-corrected chi connectivity index (χ4v) is 1.40. The number of hydrogen-bond donors (Lipinski definition) is 0. The van der Waals surface area contributed by atoms with Gasteiger partial charge in [-0.15, -0.1) is 0 Å². The molecule has 1 heterocycles. The van der Waals surface area contributed by atoms with Crippen molar-refractivity contribution in [2.24, 2.45) is 4.99 Å². The van der Waals surface area contributed by atoms with Crippen molar-refractivity contribution in [1.29, 1.82) is 0 Å². The molecule has 1 aliphatic rings. The molecule has 0 aliphatic carbocycles. The van der Waals surface area contributed by atoms with Gasteiger partial charge in [0.05, 0.1) is 0 Å². The van der Waals surface area contributed by atoms with Crippen LogP contribution in [0.3, 0.4) is 0 Å². The van der Waals surface area contributed by atoms with E-state index in [9.17, 15) is 0 Å². The lowest BCUT2D eigenvalue weighted by Gasteiger charge is -2.19. The first-order valence-electron chi connectivity index (χ1n) is 4.18. The Bertz CT molecular complexity index is 373. The fourth-order valence-electron chi connectivity index (χ4n) is 1.26. The lowest BCUT2D eigenvalue weighted by atomic mass is 10.2. The Morgan fingerprint density at radius 1 is 1.46 bits per heavy atom. The Kier molecular flexibility index (Phi) is 2.00. The Hall–Kier alpha value is -1.02. The largest absolute Gasteiger partial charge is 0.481 e. The second-order valence-corrected chi connectivity index (χ2v) is 3.55. The number of aryl methyl sites for hydroxylation is 1. The maximum atomic E-state index is 5.87. The third kappa shape index (κ3) is 1.54. The van der Waals surface area contributed by atoms with Gasteiger partial charge in [-0.3, -0.25) is 0 Å². The van der Waals surface area contributed by atoms with Crippen molar-refractivity contribution >= 4 is 22.5 Å². The molecule has 1 aromatic rings. The van der Waals surface area contributed by atoms with Crippen LogP contribution in [-0.2, 0) is 0 Å². The zero-order valence-corrected chi connectivity index (χ0v) is 8.30. The van der Waals surface area contributed by atoms with Crippen LogP contribution in [0, 0.1) is 6.92 Å². The van der Waals surface area contributed by atoms with Crippen molar-refractivity contribution in [2.75, 3.05) is 0 Å². The first kappa shape index (κ1) is 8.57. The average molecular weight is 196 g/mol. The molecule has 1 atom stereocenters. The first-order valence-corrected chi connectivity index (χ1v) is 4.56. The Morgan fingerprint density at radius 2 is 2.23 bits per heavy atom. The van der Waals surface area contributed by atoms with Crippen molar-refractivity contribution in [1.82, 2.24) is 0 Å². The summed E-state index contributed by atoms with van der Waals surface area (Å²) in [5.41, 5.74) is 1.98. The molecular weight excluding hydrogens is 186 g/mol. The van der Waals surface area contributed by atoms with Gasteiger partial charge in [0, 0.05) is 0 Å². The van der Waals surface area contributed by atoms with E-state index in [2.05, 4.69) is 4.99 Å². The van der Waals surface area contributed by atoms with Crippen LogP contribution in [-0.4, -0.2) is 11.3 Å². The van der Waals surface area contributed by atoms with E-state index in [0.717, 1.165) is 17.0 Å². The van der Waals surface area contributed by atoms with E-state index in [1.54, 1.807) is 0 Å². The molecule has 2 rings (SSSR count). The second kappa shape index (κ2) is 3.04. The standard InChI is InChI=1S/C10H10ClNO/c1-6-3-4-9-8(5-6)12-10(11)7(2)13-9/h3-5,7H,1-2H3. The maximum absolute atomic E-state index is 5.87. The molecule has 0 saturated heterocycles.